The van der Waals surface area contributed by atoms with Crippen molar-refractivity contribution in [2.75, 3.05) is 7.11 Å². The molecule has 0 aliphatic rings. The molecule has 2 aromatic carbocycles. The predicted molar refractivity (Wildman–Crippen MR) is 103 cm³/mol. The Hall–Kier alpha value is -2.97. The van der Waals surface area contributed by atoms with E-state index in [0.29, 0.717) is 15.1 Å². The molecule has 1 N–H and O–H groups in total. The van der Waals surface area contributed by atoms with Crippen molar-refractivity contribution >= 4 is 34.0 Å². The molecular weight excluding hydrogens is 410 g/mol. The summed E-state index contributed by atoms with van der Waals surface area (Å²) in [6.07, 6.45) is 2.87. The number of ether oxygens (including phenoxy) is 1. The molecule has 2 heterocycles. The van der Waals surface area contributed by atoms with Crippen LogP contribution < -0.4 is 14.8 Å². The van der Waals surface area contributed by atoms with Gasteiger partial charge in [0.2, 0.25) is 0 Å². The van der Waals surface area contributed by atoms with E-state index < -0.39 is 17.2 Å². The summed E-state index contributed by atoms with van der Waals surface area (Å²) in [4.78, 5) is 17.1. The molecule has 4 aromatic rings. The summed E-state index contributed by atoms with van der Waals surface area (Å²) in [5.74, 6) is -1.53. The van der Waals surface area contributed by atoms with Crippen molar-refractivity contribution in [1.82, 2.24) is 9.38 Å². The van der Waals surface area contributed by atoms with Crippen LogP contribution >= 0.6 is 22.9 Å². The van der Waals surface area contributed by atoms with Crippen LogP contribution in [0.1, 0.15) is 5.56 Å². The van der Waals surface area contributed by atoms with Crippen LogP contribution in [0.2, 0.25) is 5.02 Å². The standard InChI is InChI=1S/C19H11ClF2N2O3S/c1-27-14-6-9(5-10(20)17(14)25)7-15-18(26)24-8-13(23-19(24)28-15)16-11(21)3-2-4-12(16)22/h2-8,25H,1H3. The SMILES string of the molecule is COc1cc(C=c2sc3nc(-c4c(F)cccc4F)cn3c2=O)cc(Cl)c1O. The van der Waals surface area contributed by atoms with Gasteiger partial charge >= 0.3 is 0 Å². The molecule has 2 aromatic heterocycles. The quantitative estimate of drug-likeness (QED) is 0.550. The van der Waals surface area contributed by atoms with Crippen LogP contribution in [-0.2, 0) is 0 Å². The molecule has 0 saturated carbocycles. The van der Waals surface area contributed by atoms with E-state index in [1.807, 2.05) is 0 Å². The summed E-state index contributed by atoms with van der Waals surface area (Å²) in [5, 5.41) is 9.88. The number of hydrogen-bond donors (Lipinski definition) is 1. The first-order chi connectivity index (χ1) is 13.4. The molecule has 28 heavy (non-hydrogen) atoms. The maximum atomic E-state index is 14.0. The second-order valence-corrected chi connectivity index (χ2v) is 7.26. The van der Waals surface area contributed by atoms with E-state index in [9.17, 15) is 18.7 Å². The Morgan fingerprint density at radius 1 is 1.29 bits per heavy atom. The molecular formula is C19H11ClF2N2O3S. The van der Waals surface area contributed by atoms with E-state index in [1.54, 1.807) is 6.08 Å². The molecule has 142 valence electrons. The van der Waals surface area contributed by atoms with Gasteiger partial charge in [0.1, 0.15) is 11.6 Å². The minimum Gasteiger partial charge on any atom is -0.503 e. The lowest BCUT2D eigenvalue weighted by Gasteiger charge is -2.05. The highest BCUT2D eigenvalue weighted by atomic mass is 35.5. The Morgan fingerprint density at radius 3 is 2.64 bits per heavy atom. The summed E-state index contributed by atoms with van der Waals surface area (Å²) < 4.78 is 34.6. The molecule has 0 radical (unpaired) electrons. The zero-order valence-corrected chi connectivity index (χ0v) is 15.8. The number of benzene rings is 2. The highest BCUT2D eigenvalue weighted by molar-refractivity contribution is 7.15. The number of nitrogens with zero attached hydrogens (tertiary/aromatic N) is 2. The summed E-state index contributed by atoms with van der Waals surface area (Å²) in [6.45, 7) is 0. The third kappa shape index (κ3) is 3.00. The molecule has 0 saturated heterocycles. The van der Waals surface area contributed by atoms with E-state index >= 15 is 0 Å². The molecule has 0 spiro atoms. The van der Waals surface area contributed by atoms with Gasteiger partial charge in [0.15, 0.2) is 16.5 Å². The third-order valence-corrected chi connectivity index (χ3v) is 5.36. The van der Waals surface area contributed by atoms with E-state index in [1.165, 1.54) is 35.9 Å². The maximum Gasteiger partial charge on any atom is 0.274 e. The lowest BCUT2D eigenvalue weighted by atomic mass is 10.1. The number of thiazole rings is 1. The Balaban J connectivity index is 1.85. The normalized spacial score (nSPS) is 12.1. The maximum absolute atomic E-state index is 14.0. The predicted octanol–water partition coefficient (Wildman–Crippen LogP) is 3.62. The molecule has 0 atom stereocenters. The number of rotatable bonds is 3. The van der Waals surface area contributed by atoms with Crippen LogP contribution in [0.4, 0.5) is 8.78 Å². The summed E-state index contributed by atoms with van der Waals surface area (Å²) in [7, 11) is 1.39. The Labute approximate surface area is 165 Å². The van der Waals surface area contributed by atoms with Crippen molar-refractivity contribution in [1.29, 1.82) is 0 Å². The molecule has 0 unspecified atom stereocenters. The highest BCUT2D eigenvalue weighted by Gasteiger charge is 2.17. The Morgan fingerprint density at radius 2 is 2.00 bits per heavy atom. The van der Waals surface area contributed by atoms with E-state index in [0.717, 1.165) is 23.5 Å². The topological polar surface area (TPSA) is 63.8 Å². The molecule has 4 rings (SSSR count). The van der Waals surface area contributed by atoms with Gasteiger partial charge in [-0.05, 0) is 35.9 Å². The lowest BCUT2D eigenvalue weighted by Crippen LogP contribution is -2.22. The molecule has 0 fully saturated rings. The van der Waals surface area contributed by atoms with Crippen molar-refractivity contribution < 1.29 is 18.6 Å². The first-order valence-corrected chi connectivity index (χ1v) is 9.13. The second kappa shape index (κ2) is 6.88. The van der Waals surface area contributed by atoms with Crippen LogP contribution in [-0.4, -0.2) is 21.6 Å². The number of hydrogen-bond acceptors (Lipinski definition) is 5. The van der Waals surface area contributed by atoms with Gasteiger partial charge in [0, 0.05) is 6.20 Å². The van der Waals surface area contributed by atoms with Crippen LogP contribution in [0, 0.1) is 11.6 Å². The molecule has 9 heteroatoms. The van der Waals surface area contributed by atoms with Crippen LogP contribution in [0.5, 0.6) is 11.5 Å². The van der Waals surface area contributed by atoms with Gasteiger partial charge in [-0.3, -0.25) is 9.20 Å². The average Bonchev–Trinajstić information content (AvgIpc) is 3.17. The third-order valence-electron chi connectivity index (χ3n) is 4.09. The zero-order chi connectivity index (χ0) is 20.0. The van der Waals surface area contributed by atoms with Gasteiger partial charge in [-0.1, -0.05) is 29.0 Å². The Kier molecular flexibility index (Phi) is 4.52. The number of aromatic hydroxyl groups is 1. The molecule has 5 nitrogen and oxygen atoms in total. The summed E-state index contributed by atoms with van der Waals surface area (Å²) in [5.41, 5.74) is -0.0847. The van der Waals surface area contributed by atoms with E-state index in [2.05, 4.69) is 4.98 Å². The largest absolute Gasteiger partial charge is 0.503 e. The number of phenolic OH excluding ortho intramolecular Hbond substituents is 1. The van der Waals surface area contributed by atoms with Crippen molar-refractivity contribution in [2.45, 2.75) is 0 Å². The summed E-state index contributed by atoms with van der Waals surface area (Å²) >= 11 is 7.03. The van der Waals surface area contributed by atoms with Crippen LogP contribution in [0.25, 0.3) is 22.3 Å². The van der Waals surface area contributed by atoms with Gasteiger partial charge in [-0.25, -0.2) is 13.8 Å². The highest BCUT2D eigenvalue weighted by Crippen LogP contribution is 2.35. The van der Waals surface area contributed by atoms with Gasteiger partial charge in [0.05, 0.1) is 27.9 Å². The van der Waals surface area contributed by atoms with Crippen molar-refractivity contribution in [3.8, 4) is 22.8 Å². The number of imidazole rings is 1. The number of aromatic nitrogens is 2. The fraction of sp³-hybridized carbons (Fsp3) is 0.0526. The molecule has 0 bridgehead atoms. The first-order valence-electron chi connectivity index (χ1n) is 7.93. The number of phenols is 1. The smallest absolute Gasteiger partial charge is 0.274 e. The zero-order valence-electron chi connectivity index (χ0n) is 14.2. The van der Waals surface area contributed by atoms with Gasteiger partial charge in [-0.2, -0.15) is 0 Å². The fourth-order valence-electron chi connectivity index (χ4n) is 2.78. The van der Waals surface area contributed by atoms with Gasteiger partial charge in [0.25, 0.3) is 5.56 Å². The Bertz CT molecular complexity index is 1310. The minimum absolute atomic E-state index is 0.0415. The van der Waals surface area contributed by atoms with Gasteiger partial charge in [-0.15, -0.1) is 0 Å². The minimum atomic E-state index is -0.754. The molecule has 0 amide bonds. The summed E-state index contributed by atoms with van der Waals surface area (Å²) in [6, 6.07) is 6.54. The average molecular weight is 421 g/mol. The van der Waals surface area contributed by atoms with Crippen molar-refractivity contribution in [3.05, 3.63) is 73.6 Å². The first kappa shape index (κ1) is 18.4. The van der Waals surface area contributed by atoms with Crippen molar-refractivity contribution in [3.63, 3.8) is 0 Å². The monoisotopic (exact) mass is 420 g/mol. The number of methoxy groups -OCH3 is 1. The fourth-order valence-corrected chi connectivity index (χ4v) is 3.95. The van der Waals surface area contributed by atoms with Crippen molar-refractivity contribution in [2.24, 2.45) is 0 Å². The van der Waals surface area contributed by atoms with E-state index in [-0.39, 0.29) is 27.8 Å². The number of halogens is 3. The van der Waals surface area contributed by atoms with Crippen LogP contribution in [0.15, 0.2) is 41.3 Å². The molecule has 0 aliphatic carbocycles. The van der Waals surface area contributed by atoms with Gasteiger partial charge < -0.3 is 9.84 Å². The van der Waals surface area contributed by atoms with Crippen LogP contribution in [0.3, 0.4) is 0 Å². The second-order valence-electron chi connectivity index (χ2n) is 5.84. The van der Waals surface area contributed by atoms with E-state index in [4.69, 9.17) is 16.3 Å². The number of fused-ring (bicyclic) bond motifs is 1. The molecule has 0 aliphatic heterocycles. The lowest BCUT2D eigenvalue weighted by molar-refractivity contribution is 0.373.